The van der Waals surface area contributed by atoms with E-state index in [1.165, 1.54) is 5.01 Å². The third kappa shape index (κ3) is 3.68. The largest absolute Gasteiger partial charge is 0.497 e. The van der Waals surface area contributed by atoms with Crippen molar-refractivity contribution < 1.29 is 9.53 Å². The summed E-state index contributed by atoms with van der Waals surface area (Å²) in [5.41, 5.74) is 12.4. The summed E-state index contributed by atoms with van der Waals surface area (Å²) in [6.45, 7) is 1.77. The minimum Gasteiger partial charge on any atom is -0.497 e. The van der Waals surface area contributed by atoms with Crippen molar-refractivity contribution in [1.82, 2.24) is 5.01 Å². The second kappa shape index (κ2) is 7.72. The number of rotatable bonds is 5. The van der Waals surface area contributed by atoms with Gasteiger partial charge in [-0.3, -0.25) is 4.79 Å². The quantitative estimate of drug-likeness (QED) is 0.464. The molecule has 2 aromatic rings. The fraction of sp³-hybridized carbons (Fsp3) is 0.263. The van der Waals surface area contributed by atoms with Crippen molar-refractivity contribution >= 4 is 11.6 Å². The average molecular weight is 349 g/mol. The van der Waals surface area contributed by atoms with E-state index < -0.39 is 0 Å². The molecule has 0 bridgehead atoms. The molecule has 0 fully saturated rings. The van der Waals surface area contributed by atoms with Gasteiger partial charge in [-0.1, -0.05) is 47.1 Å². The zero-order valence-electron chi connectivity index (χ0n) is 14.7. The van der Waals surface area contributed by atoms with Gasteiger partial charge in [-0.2, -0.15) is 5.10 Å². The molecule has 1 atom stereocenters. The molecule has 3 rings (SSSR count). The Labute approximate surface area is 151 Å². The maximum Gasteiger partial charge on any atom is 0.249 e. The summed E-state index contributed by atoms with van der Waals surface area (Å²) in [4.78, 5) is 15.1. The topological polar surface area (TPSA) is 90.7 Å². The van der Waals surface area contributed by atoms with E-state index >= 15 is 0 Å². The Morgan fingerprint density at radius 2 is 1.96 bits per heavy atom. The van der Waals surface area contributed by atoms with Gasteiger partial charge in [-0.25, -0.2) is 5.01 Å². The van der Waals surface area contributed by atoms with E-state index in [1.807, 2.05) is 55.5 Å². The van der Waals surface area contributed by atoms with Gasteiger partial charge in [0.2, 0.25) is 5.91 Å². The van der Waals surface area contributed by atoms with Crippen LogP contribution >= 0.6 is 0 Å². The zero-order valence-corrected chi connectivity index (χ0v) is 14.7. The predicted molar refractivity (Wildman–Crippen MR) is 98.9 cm³/mol. The molecule has 7 nitrogen and oxygen atoms in total. The minimum atomic E-state index is -0.328. The summed E-state index contributed by atoms with van der Waals surface area (Å²) >= 11 is 0. The number of hydrogen-bond acceptors (Lipinski definition) is 4. The summed E-state index contributed by atoms with van der Waals surface area (Å²) in [6.07, 6.45) is 0.595. The van der Waals surface area contributed by atoms with Crippen LogP contribution in [0.2, 0.25) is 0 Å². The van der Waals surface area contributed by atoms with Crippen molar-refractivity contribution in [1.29, 1.82) is 0 Å². The Bertz CT molecular complexity index is 868. The molecule has 0 unspecified atom stereocenters. The number of ether oxygens (including phenoxy) is 1. The molecule has 0 saturated heterocycles. The molecule has 0 spiro atoms. The molecule has 2 aromatic carbocycles. The van der Waals surface area contributed by atoms with E-state index in [2.05, 4.69) is 15.1 Å². The van der Waals surface area contributed by atoms with Gasteiger partial charge in [0.1, 0.15) is 12.3 Å². The monoisotopic (exact) mass is 349 g/mol. The lowest BCUT2D eigenvalue weighted by Crippen LogP contribution is -2.28. The highest BCUT2D eigenvalue weighted by atomic mass is 16.5. The third-order valence-electron chi connectivity index (χ3n) is 4.32. The first-order valence-corrected chi connectivity index (χ1v) is 8.23. The van der Waals surface area contributed by atoms with E-state index in [9.17, 15) is 4.79 Å². The normalized spacial score (nSPS) is 16.0. The van der Waals surface area contributed by atoms with Crippen molar-refractivity contribution in [2.75, 3.05) is 13.7 Å². The van der Waals surface area contributed by atoms with E-state index in [1.54, 1.807) is 7.11 Å². The molecule has 0 aliphatic carbocycles. The van der Waals surface area contributed by atoms with Crippen LogP contribution in [0.25, 0.3) is 10.4 Å². The first-order valence-electron chi connectivity index (χ1n) is 8.23. The van der Waals surface area contributed by atoms with Gasteiger partial charge in [-0.15, -0.1) is 0 Å². The number of nitrogens with zero attached hydrogens (tertiary/aromatic N) is 5. The smallest absolute Gasteiger partial charge is 0.249 e. The van der Waals surface area contributed by atoms with Gasteiger partial charge in [0.25, 0.3) is 0 Å². The number of carbonyl (C=O) groups is 1. The zero-order chi connectivity index (χ0) is 18.5. The highest BCUT2D eigenvalue weighted by molar-refractivity contribution is 6.03. The molecule has 1 amide bonds. The highest BCUT2D eigenvalue weighted by Crippen LogP contribution is 2.33. The fourth-order valence-corrected chi connectivity index (χ4v) is 2.91. The van der Waals surface area contributed by atoms with E-state index in [4.69, 9.17) is 10.3 Å². The van der Waals surface area contributed by atoms with Crippen LogP contribution in [0.1, 0.15) is 29.2 Å². The second-order valence-electron chi connectivity index (χ2n) is 6.03. The summed E-state index contributed by atoms with van der Waals surface area (Å²) in [5.74, 6) is 0.420. The van der Waals surface area contributed by atoms with Gasteiger partial charge in [0.05, 0.1) is 18.9 Å². The third-order valence-corrected chi connectivity index (χ3v) is 4.32. The molecule has 1 aliphatic heterocycles. The number of azide groups is 1. The Hall–Kier alpha value is -3.31. The van der Waals surface area contributed by atoms with Crippen LogP contribution in [-0.2, 0) is 4.79 Å². The van der Waals surface area contributed by atoms with Crippen LogP contribution < -0.4 is 4.74 Å². The number of benzene rings is 2. The number of carbonyl (C=O) groups excluding carboxylic acids is 1. The Kier molecular flexibility index (Phi) is 5.20. The van der Waals surface area contributed by atoms with Gasteiger partial charge in [0, 0.05) is 11.3 Å². The summed E-state index contributed by atoms with van der Waals surface area (Å²) in [7, 11) is 1.61. The molecule has 0 N–H and O–H groups in total. The van der Waals surface area contributed by atoms with Gasteiger partial charge in [0.15, 0.2) is 0 Å². The number of hydrogen-bond donors (Lipinski definition) is 0. The van der Waals surface area contributed by atoms with Gasteiger partial charge in [-0.05, 0) is 35.7 Å². The average Bonchev–Trinajstić information content (AvgIpc) is 3.12. The van der Waals surface area contributed by atoms with Crippen LogP contribution in [0.3, 0.4) is 0 Å². The fourth-order valence-electron chi connectivity index (χ4n) is 2.91. The molecule has 1 aliphatic rings. The second-order valence-corrected chi connectivity index (χ2v) is 6.03. The first-order chi connectivity index (χ1) is 12.6. The lowest BCUT2D eigenvalue weighted by Gasteiger charge is -2.21. The summed E-state index contributed by atoms with van der Waals surface area (Å²) < 4.78 is 5.20. The number of hydrazone groups is 1. The van der Waals surface area contributed by atoms with Crippen LogP contribution in [0, 0.1) is 6.92 Å². The van der Waals surface area contributed by atoms with Crippen LogP contribution in [0.5, 0.6) is 5.75 Å². The van der Waals surface area contributed by atoms with Crippen molar-refractivity contribution in [2.24, 2.45) is 10.2 Å². The molecule has 132 valence electrons. The van der Waals surface area contributed by atoms with Crippen LogP contribution in [0.4, 0.5) is 0 Å². The van der Waals surface area contributed by atoms with Crippen molar-refractivity contribution in [3.63, 3.8) is 0 Å². The first kappa shape index (κ1) is 17.5. The summed E-state index contributed by atoms with van der Waals surface area (Å²) in [5, 5.41) is 9.33. The minimum absolute atomic E-state index is 0.237. The maximum absolute atomic E-state index is 12.5. The lowest BCUT2D eigenvalue weighted by molar-refractivity contribution is -0.131. The number of aryl methyl sites for hydroxylation is 1. The molecular weight excluding hydrogens is 330 g/mol. The molecule has 0 aromatic heterocycles. The Morgan fingerprint density at radius 1 is 1.27 bits per heavy atom. The lowest BCUT2D eigenvalue weighted by atomic mass is 9.98. The van der Waals surface area contributed by atoms with E-state index in [-0.39, 0.29) is 18.5 Å². The number of methoxy groups -OCH3 is 1. The predicted octanol–water partition coefficient (Wildman–Crippen LogP) is 3.99. The molecule has 7 heteroatoms. The van der Waals surface area contributed by atoms with Crippen molar-refractivity contribution in [3.05, 3.63) is 75.7 Å². The van der Waals surface area contributed by atoms with Crippen LogP contribution in [0.15, 0.2) is 58.7 Å². The van der Waals surface area contributed by atoms with Crippen LogP contribution in [-0.4, -0.2) is 30.3 Å². The van der Waals surface area contributed by atoms with Gasteiger partial charge < -0.3 is 4.74 Å². The van der Waals surface area contributed by atoms with E-state index in [0.717, 1.165) is 28.2 Å². The molecule has 26 heavy (non-hydrogen) atoms. The molecular formula is C19H19N5O2. The van der Waals surface area contributed by atoms with E-state index in [0.29, 0.717) is 6.42 Å². The standard InChI is InChI=1S/C19H19N5O2/c1-13-3-5-14(6-4-13)17-11-18(15-7-9-16(26-2)10-8-15)24(22-17)19(25)12-21-23-20/h3-10,18H,11-12H2,1-2H3/t18-/m0/s1. The highest BCUT2D eigenvalue weighted by Gasteiger charge is 2.32. The van der Waals surface area contributed by atoms with Crippen molar-refractivity contribution in [3.8, 4) is 5.75 Å². The number of amides is 1. The maximum atomic E-state index is 12.5. The molecule has 0 radical (unpaired) electrons. The molecule has 1 heterocycles. The Balaban J connectivity index is 1.92. The summed E-state index contributed by atoms with van der Waals surface area (Å²) in [6, 6.07) is 15.4. The Morgan fingerprint density at radius 3 is 2.58 bits per heavy atom. The van der Waals surface area contributed by atoms with Crippen molar-refractivity contribution in [2.45, 2.75) is 19.4 Å². The molecule has 0 saturated carbocycles. The SMILES string of the molecule is COc1ccc([C@@H]2CC(c3ccc(C)cc3)=NN2C(=O)CN=[N+]=[N-])cc1. The van der Waals surface area contributed by atoms with Gasteiger partial charge >= 0.3 is 0 Å².